The van der Waals surface area contributed by atoms with E-state index in [4.69, 9.17) is 27.9 Å². The molecule has 0 bridgehead atoms. The number of halogens is 2. The molecule has 1 fully saturated rings. The van der Waals surface area contributed by atoms with Crippen molar-refractivity contribution in [2.45, 2.75) is 17.7 Å². The maximum absolute atomic E-state index is 12.6. The first-order chi connectivity index (χ1) is 9.86. The molecule has 0 amide bonds. The van der Waals surface area contributed by atoms with Crippen molar-refractivity contribution in [3.63, 3.8) is 0 Å². The second-order valence-corrected chi connectivity index (χ2v) is 7.55. The molecule has 1 aliphatic heterocycles. The van der Waals surface area contributed by atoms with Crippen molar-refractivity contribution < 1.29 is 17.9 Å². The summed E-state index contributed by atoms with van der Waals surface area (Å²) in [6.45, 7) is 0.491. The monoisotopic (exact) mass is 351 g/mol. The molecule has 1 aromatic rings. The molecule has 1 aromatic carbocycles. The first-order valence-electron chi connectivity index (χ1n) is 6.39. The smallest absolute Gasteiger partial charge is 0.309 e. The molecule has 5 nitrogen and oxygen atoms in total. The molecule has 2 rings (SSSR count). The molecule has 0 aliphatic carbocycles. The summed E-state index contributed by atoms with van der Waals surface area (Å²) in [4.78, 5) is 11.7. The number of rotatable bonds is 3. The van der Waals surface area contributed by atoms with Crippen LogP contribution in [0.5, 0.6) is 0 Å². The van der Waals surface area contributed by atoms with Gasteiger partial charge in [0.1, 0.15) is 0 Å². The number of benzene rings is 1. The van der Waals surface area contributed by atoms with Gasteiger partial charge in [0.15, 0.2) is 0 Å². The van der Waals surface area contributed by atoms with Crippen LogP contribution >= 0.6 is 23.2 Å². The Morgan fingerprint density at radius 2 is 2.05 bits per heavy atom. The lowest BCUT2D eigenvalue weighted by Gasteiger charge is -2.30. The van der Waals surface area contributed by atoms with E-state index in [2.05, 4.69) is 0 Å². The number of hydrogen-bond acceptors (Lipinski definition) is 4. The third kappa shape index (κ3) is 3.51. The Bertz CT molecular complexity index is 648. The summed E-state index contributed by atoms with van der Waals surface area (Å²) in [5, 5.41) is 0.473. The molecule has 21 heavy (non-hydrogen) atoms. The summed E-state index contributed by atoms with van der Waals surface area (Å²) in [5.74, 6) is -0.815. The number of nitrogens with zero attached hydrogens (tertiary/aromatic N) is 1. The lowest BCUT2D eigenvalue weighted by Crippen LogP contribution is -2.42. The number of carbonyl (C=O) groups is 1. The predicted molar refractivity (Wildman–Crippen MR) is 80.0 cm³/mol. The van der Waals surface area contributed by atoms with Crippen LogP contribution in [0.1, 0.15) is 12.8 Å². The fourth-order valence-electron chi connectivity index (χ4n) is 2.31. The van der Waals surface area contributed by atoms with E-state index in [1.165, 1.54) is 29.6 Å². The molecular weight excluding hydrogens is 337 g/mol. The molecule has 1 atom stereocenters. The van der Waals surface area contributed by atoms with Crippen LogP contribution in [0.2, 0.25) is 10.0 Å². The van der Waals surface area contributed by atoms with Crippen LogP contribution in [0.15, 0.2) is 23.1 Å². The molecule has 0 aromatic heterocycles. The summed E-state index contributed by atoms with van der Waals surface area (Å²) in [6.07, 6.45) is 1.24. The van der Waals surface area contributed by atoms with E-state index >= 15 is 0 Å². The van der Waals surface area contributed by atoms with Gasteiger partial charge in [-0.05, 0) is 31.0 Å². The molecular formula is C13H15Cl2NO4S. The molecule has 8 heteroatoms. The van der Waals surface area contributed by atoms with Crippen molar-refractivity contribution in [2.75, 3.05) is 20.2 Å². The van der Waals surface area contributed by atoms with Crippen LogP contribution in [-0.4, -0.2) is 38.9 Å². The van der Waals surface area contributed by atoms with Crippen LogP contribution in [-0.2, 0) is 19.6 Å². The van der Waals surface area contributed by atoms with Crippen molar-refractivity contribution in [3.8, 4) is 0 Å². The quantitative estimate of drug-likeness (QED) is 0.785. The molecule has 1 aliphatic rings. The number of carbonyl (C=O) groups excluding carboxylic acids is 1. The molecule has 0 radical (unpaired) electrons. The predicted octanol–water partition coefficient (Wildman–Crippen LogP) is 2.57. The number of hydrogen-bond donors (Lipinski definition) is 0. The van der Waals surface area contributed by atoms with E-state index < -0.39 is 15.9 Å². The standard InChI is InChI=1S/C13H15Cl2NO4S/c1-20-13(17)9-3-2-6-16(8-9)21(18,19)10-4-5-11(14)12(15)7-10/h4-5,7,9H,2-3,6,8H2,1H3. The highest BCUT2D eigenvalue weighted by molar-refractivity contribution is 7.89. The van der Waals surface area contributed by atoms with Gasteiger partial charge in [-0.15, -0.1) is 0 Å². The molecule has 1 saturated heterocycles. The summed E-state index contributed by atoms with van der Waals surface area (Å²) >= 11 is 11.7. The molecule has 1 heterocycles. The Morgan fingerprint density at radius 3 is 2.67 bits per heavy atom. The topological polar surface area (TPSA) is 63.7 Å². The molecule has 0 saturated carbocycles. The van der Waals surface area contributed by atoms with E-state index in [1.807, 2.05) is 0 Å². The highest BCUT2D eigenvalue weighted by Crippen LogP contribution is 2.29. The first kappa shape index (κ1) is 16.5. The molecule has 0 N–H and O–H groups in total. The molecule has 0 spiro atoms. The minimum absolute atomic E-state index is 0.0717. The van der Waals surface area contributed by atoms with Gasteiger partial charge in [-0.1, -0.05) is 23.2 Å². The lowest BCUT2D eigenvalue weighted by molar-refractivity contribution is -0.146. The van der Waals surface area contributed by atoms with Crippen LogP contribution < -0.4 is 0 Å². The van der Waals surface area contributed by atoms with Crippen molar-refractivity contribution in [2.24, 2.45) is 5.92 Å². The number of methoxy groups -OCH3 is 1. The highest BCUT2D eigenvalue weighted by atomic mass is 35.5. The van der Waals surface area contributed by atoms with Gasteiger partial charge in [-0.2, -0.15) is 4.31 Å². The zero-order valence-electron chi connectivity index (χ0n) is 11.4. The Labute approximate surface area is 133 Å². The third-order valence-corrected chi connectivity index (χ3v) is 6.05. The summed E-state index contributed by atoms with van der Waals surface area (Å²) < 4.78 is 31.1. The van der Waals surface area contributed by atoms with Gasteiger partial charge >= 0.3 is 5.97 Å². The number of piperidine rings is 1. The Kier molecular flexibility index (Phi) is 5.14. The van der Waals surface area contributed by atoms with Crippen molar-refractivity contribution in [3.05, 3.63) is 28.2 Å². The number of ether oxygens (including phenoxy) is 1. The van der Waals surface area contributed by atoms with Gasteiger partial charge in [0.05, 0.1) is 28.0 Å². The fourth-order valence-corrected chi connectivity index (χ4v) is 4.22. The zero-order chi connectivity index (χ0) is 15.6. The summed E-state index contributed by atoms with van der Waals surface area (Å²) in [7, 11) is -2.39. The second-order valence-electron chi connectivity index (χ2n) is 4.80. The van der Waals surface area contributed by atoms with Gasteiger partial charge in [-0.3, -0.25) is 4.79 Å². The second kappa shape index (κ2) is 6.52. The van der Waals surface area contributed by atoms with Gasteiger partial charge in [0.2, 0.25) is 10.0 Å². The zero-order valence-corrected chi connectivity index (χ0v) is 13.7. The van der Waals surface area contributed by atoms with Crippen molar-refractivity contribution >= 4 is 39.2 Å². The maximum atomic E-state index is 12.6. The average Bonchev–Trinajstić information content (AvgIpc) is 2.49. The number of esters is 1. The maximum Gasteiger partial charge on any atom is 0.309 e. The Balaban J connectivity index is 2.26. The van der Waals surface area contributed by atoms with Gasteiger partial charge in [0.25, 0.3) is 0 Å². The molecule has 1 unspecified atom stereocenters. The summed E-state index contributed by atoms with van der Waals surface area (Å²) in [6, 6.07) is 4.17. The van der Waals surface area contributed by atoms with E-state index in [9.17, 15) is 13.2 Å². The van der Waals surface area contributed by atoms with Crippen molar-refractivity contribution in [1.82, 2.24) is 4.31 Å². The summed E-state index contributed by atoms with van der Waals surface area (Å²) in [5.41, 5.74) is 0. The van der Waals surface area contributed by atoms with Gasteiger partial charge in [-0.25, -0.2) is 8.42 Å². The SMILES string of the molecule is COC(=O)C1CCCN(S(=O)(=O)c2ccc(Cl)c(Cl)c2)C1. The molecule has 116 valence electrons. The number of sulfonamides is 1. The first-order valence-corrected chi connectivity index (χ1v) is 8.59. The van der Waals surface area contributed by atoms with E-state index in [0.717, 1.165) is 0 Å². The minimum Gasteiger partial charge on any atom is -0.469 e. The van der Waals surface area contributed by atoms with Crippen LogP contribution in [0, 0.1) is 5.92 Å². The largest absolute Gasteiger partial charge is 0.469 e. The van der Waals surface area contributed by atoms with E-state index in [-0.39, 0.29) is 22.4 Å². The minimum atomic E-state index is -3.69. The van der Waals surface area contributed by atoms with Crippen LogP contribution in [0.3, 0.4) is 0 Å². The van der Waals surface area contributed by atoms with Crippen LogP contribution in [0.4, 0.5) is 0 Å². The third-order valence-electron chi connectivity index (χ3n) is 3.45. The van der Waals surface area contributed by atoms with E-state index in [1.54, 1.807) is 0 Å². The highest BCUT2D eigenvalue weighted by Gasteiger charge is 2.33. The van der Waals surface area contributed by atoms with Gasteiger partial charge < -0.3 is 4.74 Å². The van der Waals surface area contributed by atoms with E-state index in [0.29, 0.717) is 24.4 Å². The Hall–Kier alpha value is -0.820. The van der Waals surface area contributed by atoms with Gasteiger partial charge in [0, 0.05) is 13.1 Å². The van der Waals surface area contributed by atoms with Crippen LogP contribution in [0.25, 0.3) is 0 Å². The normalized spacial score (nSPS) is 20.2. The average molecular weight is 352 g/mol. The Morgan fingerprint density at radius 1 is 1.33 bits per heavy atom. The fraction of sp³-hybridized carbons (Fsp3) is 0.462. The van der Waals surface area contributed by atoms with Crippen molar-refractivity contribution in [1.29, 1.82) is 0 Å². The lowest BCUT2D eigenvalue weighted by atomic mass is 10.0.